The van der Waals surface area contributed by atoms with Crippen LogP contribution < -0.4 is 4.90 Å². The summed E-state index contributed by atoms with van der Waals surface area (Å²) < 4.78 is 2.18. The molecule has 8 aromatic rings. The van der Waals surface area contributed by atoms with Gasteiger partial charge in [0, 0.05) is 16.3 Å². The molecule has 2 heterocycles. The summed E-state index contributed by atoms with van der Waals surface area (Å²) in [6, 6.07) is 53.0. The maximum atomic E-state index is 14.8. The van der Waals surface area contributed by atoms with E-state index in [1.165, 1.54) is 16.0 Å². The highest BCUT2D eigenvalue weighted by Gasteiger charge is 2.40. The number of nitrogens with zero attached hydrogens (tertiary/aromatic N) is 2. The lowest BCUT2D eigenvalue weighted by molar-refractivity contribution is 0.0926. The van der Waals surface area contributed by atoms with Gasteiger partial charge in [0.1, 0.15) is 0 Å². The summed E-state index contributed by atoms with van der Waals surface area (Å²) in [5.74, 6) is -0.661. The molecule has 4 nitrogen and oxygen atoms in total. The van der Waals surface area contributed by atoms with Gasteiger partial charge in [-0.2, -0.15) is 0 Å². The van der Waals surface area contributed by atoms with Crippen molar-refractivity contribution in [3.63, 3.8) is 0 Å². The minimum Gasteiger partial charge on any atom is -0.308 e. The number of anilines is 1. The summed E-state index contributed by atoms with van der Waals surface area (Å²) in [6.07, 6.45) is 0. The number of fused-ring (bicyclic) bond motifs is 4. The largest absolute Gasteiger partial charge is 0.308 e. The number of amides is 2. The highest BCUT2D eigenvalue weighted by atomic mass is 16.2. The minimum absolute atomic E-state index is 0.327. The van der Waals surface area contributed by atoms with Crippen LogP contribution in [-0.4, -0.2) is 16.4 Å². The van der Waals surface area contributed by atoms with Crippen LogP contribution in [0.5, 0.6) is 0 Å². The van der Waals surface area contributed by atoms with Gasteiger partial charge in [-0.1, -0.05) is 132 Å². The summed E-state index contributed by atoms with van der Waals surface area (Å²) in [5, 5.41) is 2.18. The molecule has 2 amide bonds. The molecule has 0 N–H and O–H groups in total. The molecule has 0 fully saturated rings. The zero-order valence-corrected chi connectivity index (χ0v) is 27.7. The van der Waals surface area contributed by atoms with Crippen molar-refractivity contribution >= 4 is 39.3 Å². The Bertz CT molecular complexity index is 2570. The molecule has 1 aromatic heterocycles. The molecule has 0 atom stereocenters. The molecule has 7 aromatic carbocycles. The Hall–Kier alpha value is -6.52. The molecule has 0 unspecified atom stereocenters. The molecule has 0 aliphatic carbocycles. The van der Waals surface area contributed by atoms with Crippen molar-refractivity contribution in [3.05, 3.63) is 180 Å². The topological polar surface area (TPSA) is 42.3 Å². The summed E-state index contributed by atoms with van der Waals surface area (Å²) in [4.78, 5) is 30.6. The predicted octanol–water partition coefficient (Wildman–Crippen LogP) is 11.2. The molecular weight excluding hydrogens is 613 g/mol. The predicted molar refractivity (Wildman–Crippen MR) is 204 cm³/mol. The molecule has 0 radical (unpaired) electrons. The average molecular weight is 645 g/mol. The van der Waals surface area contributed by atoms with Crippen molar-refractivity contribution in [1.29, 1.82) is 0 Å². The monoisotopic (exact) mass is 644 g/mol. The zero-order valence-electron chi connectivity index (χ0n) is 27.7. The fourth-order valence-corrected chi connectivity index (χ4v) is 7.66. The Labute approximate surface area is 290 Å². The Morgan fingerprint density at radius 1 is 0.440 bits per heavy atom. The third-order valence-electron chi connectivity index (χ3n) is 9.75. The van der Waals surface area contributed by atoms with Crippen molar-refractivity contribution in [3.8, 4) is 39.1 Å². The first-order chi connectivity index (χ1) is 24.5. The number of para-hydroxylation sites is 2. The van der Waals surface area contributed by atoms with E-state index in [-0.39, 0.29) is 11.8 Å². The van der Waals surface area contributed by atoms with E-state index in [2.05, 4.69) is 73.0 Å². The van der Waals surface area contributed by atoms with Gasteiger partial charge in [-0.3, -0.25) is 9.59 Å². The summed E-state index contributed by atoms with van der Waals surface area (Å²) in [5.41, 5.74) is 12.4. The molecule has 0 saturated heterocycles. The van der Waals surface area contributed by atoms with E-state index in [0.29, 0.717) is 22.5 Å². The van der Waals surface area contributed by atoms with Gasteiger partial charge in [-0.15, -0.1) is 0 Å². The van der Waals surface area contributed by atoms with E-state index in [1.54, 1.807) is 6.07 Å². The van der Waals surface area contributed by atoms with Crippen molar-refractivity contribution < 1.29 is 9.59 Å². The maximum absolute atomic E-state index is 14.8. The fourth-order valence-electron chi connectivity index (χ4n) is 7.66. The molecule has 9 rings (SSSR count). The van der Waals surface area contributed by atoms with Gasteiger partial charge in [-0.25, -0.2) is 4.90 Å². The van der Waals surface area contributed by atoms with Crippen molar-refractivity contribution in [2.75, 3.05) is 4.90 Å². The van der Waals surface area contributed by atoms with Crippen LogP contribution >= 0.6 is 0 Å². The van der Waals surface area contributed by atoms with Gasteiger partial charge in [-0.05, 0) is 78.1 Å². The quantitative estimate of drug-likeness (QED) is 0.175. The van der Waals surface area contributed by atoms with Crippen LogP contribution in [0.2, 0.25) is 0 Å². The van der Waals surface area contributed by atoms with Crippen molar-refractivity contribution in [2.24, 2.45) is 0 Å². The first-order valence-electron chi connectivity index (χ1n) is 16.9. The van der Waals surface area contributed by atoms with E-state index < -0.39 is 0 Å². The lowest BCUT2D eigenvalue weighted by atomic mass is 9.97. The van der Waals surface area contributed by atoms with Crippen molar-refractivity contribution in [1.82, 2.24) is 4.57 Å². The number of aryl methyl sites for hydroxylation is 2. The highest BCUT2D eigenvalue weighted by molar-refractivity contribution is 6.36. The molecule has 1 aliphatic heterocycles. The van der Waals surface area contributed by atoms with Gasteiger partial charge in [0.25, 0.3) is 11.8 Å². The molecule has 50 heavy (non-hydrogen) atoms. The van der Waals surface area contributed by atoms with Crippen LogP contribution in [0.25, 0.3) is 60.9 Å². The van der Waals surface area contributed by atoms with Gasteiger partial charge in [0.2, 0.25) is 0 Å². The summed E-state index contributed by atoms with van der Waals surface area (Å²) in [7, 11) is 0. The van der Waals surface area contributed by atoms with Crippen LogP contribution in [0, 0.1) is 13.8 Å². The zero-order chi connectivity index (χ0) is 33.9. The molecule has 4 heteroatoms. The lowest BCUT2D eigenvalue weighted by Crippen LogP contribution is -2.29. The van der Waals surface area contributed by atoms with Crippen LogP contribution in [-0.2, 0) is 0 Å². The standard InChI is InChI=1S/C46H32N2O2/c1-29-23-30(2)25-35(24-29)37-18-11-19-39-38-17-9-10-21-41(38)48(44(37)39)42-22-12-20-40-43(42)46(50)47(45(40)49)36-27-33(31-13-5-3-6-14-31)26-34(28-36)32-15-7-4-8-16-32/h3-28H,1-2H3. The van der Waals surface area contributed by atoms with Crippen molar-refractivity contribution in [2.45, 2.75) is 13.8 Å². The molecule has 0 saturated carbocycles. The van der Waals surface area contributed by atoms with Crippen LogP contribution in [0.4, 0.5) is 5.69 Å². The molecule has 1 aliphatic rings. The normalized spacial score (nSPS) is 12.6. The second-order valence-electron chi connectivity index (χ2n) is 13.1. The van der Waals surface area contributed by atoms with Gasteiger partial charge < -0.3 is 4.57 Å². The summed E-state index contributed by atoms with van der Waals surface area (Å²) in [6.45, 7) is 4.23. The van der Waals surface area contributed by atoms with E-state index in [0.717, 1.165) is 55.2 Å². The second-order valence-corrected chi connectivity index (χ2v) is 13.1. The van der Waals surface area contributed by atoms with E-state index >= 15 is 0 Å². The smallest absolute Gasteiger partial charge is 0.268 e. The lowest BCUT2D eigenvalue weighted by Gasteiger charge is -2.18. The number of imide groups is 1. The number of carbonyl (C=O) groups is 2. The van der Waals surface area contributed by atoms with E-state index in [1.807, 2.05) is 97.1 Å². The third kappa shape index (κ3) is 4.68. The van der Waals surface area contributed by atoms with Crippen LogP contribution in [0.1, 0.15) is 31.8 Å². The van der Waals surface area contributed by atoms with Gasteiger partial charge >= 0.3 is 0 Å². The van der Waals surface area contributed by atoms with Crippen LogP contribution in [0.3, 0.4) is 0 Å². The molecule has 0 bridgehead atoms. The van der Waals surface area contributed by atoms with Crippen LogP contribution in [0.15, 0.2) is 158 Å². The number of rotatable bonds is 5. The first kappa shape index (κ1) is 29.6. The van der Waals surface area contributed by atoms with Gasteiger partial charge in [0.15, 0.2) is 0 Å². The molecule has 0 spiro atoms. The third-order valence-corrected chi connectivity index (χ3v) is 9.75. The number of benzene rings is 7. The number of hydrogen-bond acceptors (Lipinski definition) is 2. The number of carbonyl (C=O) groups excluding carboxylic acids is 2. The molecule has 238 valence electrons. The first-order valence-corrected chi connectivity index (χ1v) is 16.9. The van der Waals surface area contributed by atoms with Gasteiger partial charge in [0.05, 0.1) is 33.5 Å². The summed E-state index contributed by atoms with van der Waals surface area (Å²) >= 11 is 0. The van der Waals surface area contributed by atoms with E-state index in [4.69, 9.17) is 0 Å². The number of aromatic nitrogens is 1. The Balaban J connectivity index is 1.27. The second kappa shape index (κ2) is 11.6. The SMILES string of the molecule is Cc1cc(C)cc(-c2cccc3c4ccccc4n(-c4cccc5c4C(=O)N(c4cc(-c6ccccc6)cc(-c6ccccc6)c4)C5=O)c23)c1. The number of hydrogen-bond donors (Lipinski definition) is 0. The average Bonchev–Trinajstić information content (AvgIpc) is 3.62. The maximum Gasteiger partial charge on any atom is 0.268 e. The highest BCUT2D eigenvalue weighted by Crippen LogP contribution is 2.42. The Morgan fingerprint density at radius 2 is 1.02 bits per heavy atom. The fraction of sp³-hybridized carbons (Fsp3) is 0.0435. The van der Waals surface area contributed by atoms with E-state index in [9.17, 15) is 9.59 Å². The Kier molecular flexibility index (Phi) is 6.85. The Morgan fingerprint density at radius 3 is 1.70 bits per heavy atom. The molecular formula is C46H32N2O2. The minimum atomic E-state index is -0.334.